The van der Waals surface area contributed by atoms with E-state index < -0.39 is 12.0 Å². The number of para-hydroxylation sites is 1. The van der Waals surface area contributed by atoms with Gasteiger partial charge in [0.2, 0.25) is 11.7 Å². The molecule has 100 valence electrons. The van der Waals surface area contributed by atoms with Crippen molar-refractivity contribution in [1.29, 1.82) is 0 Å². The van der Waals surface area contributed by atoms with E-state index in [2.05, 4.69) is 25.9 Å². The molecule has 0 radical (unpaired) electrons. The number of hydrogen-bond donors (Lipinski definition) is 0. The smallest absolute Gasteiger partial charge is 0.438 e. The Hall–Kier alpha value is -1.34. The van der Waals surface area contributed by atoms with E-state index in [-0.39, 0.29) is 11.0 Å². The van der Waals surface area contributed by atoms with Crippen molar-refractivity contribution in [2.24, 2.45) is 0 Å². The first-order valence-electron chi connectivity index (χ1n) is 4.90. The van der Waals surface area contributed by atoms with Gasteiger partial charge in [0, 0.05) is 6.07 Å². The Balaban J connectivity index is 2.36. The van der Waals surface area contributed by atoms with E-state index in [4.69, 9.17) is 16.3 Å². The zero-order valence-electron chi connectivity index (χ0n) is 9.08. The molecule has 1 aromatic carbocycles. The van der Waals surface area contributed by atoms with Crippen molar-refractivity contribution in [2.75, 3.05) is 0 Å². The van der Waals surface area contributed by atoms with Crippen LogP contribution in [-0.4, -0.2) is 9.97 Å². The van der Waals surface area contributed by atoms with Gasteiger partial charge >= 0.3 is 6.18 Å². The van der Waals surface area contributed by atoms with Crippen molar-refractivity contribution in [2.45, 2.75) is 6.18 Å². The van der Waals surface area contributed by atoms with Gasteiger partial charge in [-0.25, -0.2) is 4.98 Å². The van der Waals surface area contributed by atoms with Gasteiger partial charge in [0.25, 0.3) is 0 Å². The van der Waals surface area contributed by atoms with E-state index in [1.54, 1.807) is 24.3 Å². The Morgan fingerprint density at radius 3 is 2.47 bits per heavy atom. The zero-order chi connectivity index (χ0) is 14.0. The van der Waals surface area contributed by atoms with E-state index in [9.17, 15) is 13.2 Å². The van der Waals surface area contributed by atoms with Crippen LogP contribution in [0.3, 0.4) is 0 Å². The average molecular weight is 354 g/mol. The second-order valence-corrected chi connectivity index (χ2v) is 4.62. The van der Waals surface area contributed by atoms with Crippen LogP contribution in [0.4, 0.5) is 13.2 Å². The molecule has 0 unspecified atom stereocenters. The molecular weight excluding hydrogens is 348 g/mol. The molecule has 0 bridgehead atoms. The van der Waals surface area contributed by atoms with Crippen LogP contribution >= 0.6 is 27.5 Å². The van der Waals surface area contributed by atoms with Crippen LogP contribution < -0.4 is 4.74 Å². The molecule has 2 rings (SSSR count). The minimum Gasteiger partial charge on any atom is -0.438 e. The summed E-state index contributed by atoms with van der Waals surface area (Å²) in [5.41, 5.74) is 0. The number of benzene rings is 1. The van der Waals surface area contributed by atoms with Crippen LogP contribution in [0.5, 0.6) is 11.6 Å². The highest BCUT2D eigenvalue weighted by Gasteiger charge is 2.35. The minimum atomic E-state index is -4.68. The van der Waals surface area contributed by atoms with Gasteiger partial charge in [0.15, 0.2) is 0 Å². The molecule has 19 heavy (non-hydrogen) atoms. The summed E-state index contributed by atoms with van der Waals surface area (Å²) in [5, 5.41) is -0.343. The summed E-state index contributed by atoms with van der Waals surface area (Å²) < 4.78 is 43.4. The molecule has 0 N–H and O–H groups in total. The lowest BCUT2D eigenvalue weighted by molar-refractivity contribution is -0.145. The van der Waals surface area contributed by atoms with E-state index in [1.807, 2.05) is 0 Å². The molecule has 0 aliphatic rings. The van der Waals surface area contributed by atoms with Crippen LogP contribution in [-0.2, 0) is 6.18 Å². The molecule has 2 aromatic rings. The van der Waals surface area contributed by atoms with Crippen LogP contribution in [0.25, 0.3) is 0 Å². The molecule has 0 spiro atoms. The SMILES string of the molecule is FC(F)(F)c1nc(Cl)cc(Oc2ccccc2Br)n1. The maximum atomic E-state index is 12.5. The second-order valence-electron chi connectivity index (χ2n) is 3.38. The second kappa shape index (κ2) is 5.34. The summed E-state index contributed by atoms with van der Waals surface area (Å²) in [4.78, 5) is 6.38. The first kappa shape index (κ1) is 14.1. The van der Waals surface area contributed by atoms with Gasteiger partial charge in [-0.15, -0.1) is 0 Å². The van der Waals surface area contributed by atoms with Crippen LogP contribution in [0, 0.1) is 0 Å². The quantitative estimate of drug-likeness (QED) is 0.734. The number of rotatable bonds is 2. The van der Waals surface area contributed by atoms with E-state index in [0.29, 0.717) is 10.2 Å². The first-order valence-corrected chi connectivity index (χ1v) is 6.07. The highest BCUT2D eigenvalue weighted by molar-refractivity contribution is 9.10. The molecule has 0 aliphatic carbocycles. The number of halogens is 5. The fourth-order valence-corrected chi connectivity index (χ4v) is 1.76. The molecule has 3 nitrogen and oxygen atoms in total. The Morgan fingerprint density at radius 2 is 1.84 bits per heavy atom. The molecule has 0 aliphatic heterocycles. The highest BCUT2D eigenvalue weighted by atomic mass is 79.9. The van der Waals surface area contributed by atoms with Crippen LogP contribution in [0.15, 0.2) is 34.8 Å². The number of alkyl halides is 3. The molecule has 1 aromatic heterocycles. The lowest BCUT2D eigenvalue weighted by atomic mass is 10.3. The maximum absolute atomic E-state index is 12.5. The molecule has 1 heterocycles. The van der Waals surface area contributed by atoms with Crippen molar-refractivity contribution >= 4 is 27.5 Å². The summed E-state index contributed by atoms with van der Waals surface area (Å²) in [6.07, 6.45) is -4.68. The summed E-state index contributed by atoms with van der Waals surface area (Å²) in [7, 11) is 0. The van der Waals surface area contributed by atoms with Gasteiger partial charge < -0.3 is 4.74 Å². The molecule has 0 saturated heterocycles. The van der Waals surface area contributed by atoms with E-state index >= 15 is 0 Å². The first-order chi connectivity index (χ1) is 8.86. The van der Waals surface area contributed by atoms with E-state index in [1.165, 1.54) is 0 Å². The Morgan fingerprint density at radius 1 is 1.16 bits per heavy atom. The van der Waals surface area contributed by atoms with Gasteiger partial charge in [-0.2, -0.15) is 18.2 Å². The predicted molar refractivity (Wildman–Crippen MR) is 66.3 cm³/mol. The van der Waals surface area contributed by atoms with Crippen molar-refractivity contribution in [1.82, 2.24) is 9.97 Å². The van der Waals surface area contributed by atoms with Crippen molar-refractivity contribution in [3.8, 4) is 11.6 Å². The van der Waals surface area contributed by atoms with Gasteiger partial charge in [-0.3, -0.25) is 0 Å². The summed E-state index contributed by atoms with van der Waals surface area (Å²) in [6, 6.07) is 7.78. The van der Waals surface area contributed by atoms with Gasteiger partial charge in [-0.1, -0.05) is 23.7 Å². The number of ether oxygens (including phenoxy) is 1. The lowest BCUT2D eigenvalue weighted by Gasteiger charge is -2.09. The molecular formula is C11H5BrClF3N2O. The Bertz CT molecular complexity index is 607. The summed E-state index contributed by atoms with van der Waals surface area (Å²) in [6.45, 7) is 0. The number of nitrogens with zero attached hydrogens (tertiary/aromatic N) is 2. The van der Waals surface area contributed by atoms with E-state index in [0.717, 1.165) is 6.07 Å². The fourth-order valence-electron chi connectivity index (χ4n) is 1.22. The van der Waals surface area contributed by atoms with Crippen molar-refractivity contribution < 1.29 is 17.9 Å². The Labute approximate surface area is 119 Å². The number of aromatic nitrogens is 2. The molecule has 0 amide bonds. The fraction of sp³-hybridized carbons (Fsp3) is 0.0909. The largest absolute Gasteiger partial charge is 0.451 e. The normalized spacial score (nSPS) is 11.4. The maximum Gasteiger partial charge on any atom is 0.451 e. The molecule has 0 fully saturated rings. The molecule has 0 saturated carbocycles. The highest BCUT2D eigenvalue weighted by Crippen LogP contribution is 2.32. The monoisotopic (exact) mass is 352 g/mol. The van der Waals surface area contributed by atoms with Gasteiger partial charge in [0.1, 0.15) is 10.9 Å². The summed E-state index contributed by atoms with van der Waals surface area (Å²) >= 11 is 8.73. The topological polar surface area (TPSA) is 35.0 Å². The molecule has 0 atom stereocenters. The van der Waals surface area contributed by atoms with Gasteiger partial charge in [-0.05, 0) is 28.1 Å². The predicted octanol–water partition coefficient (Wildman–Crippen LogP) is 4.70. The third-order valence-electron chi connectivity index (χ3n) is 1.98. The zero-order valence-corrected chi connectivity index (χ0v) is 11.4. The standard InChI is InChI=1S/C11H5BrClF3N2O/c12-6-3-1-2-4-7(6)19-9-5-8(13)17-10(18-9)11(14,15)16/h1-5H. The molecule has 8 heteroatoms. The van der Waals surface area contributed by atoms with Crippen LogP contribution in [0.2, 0.25) is 5.15 Å². The minimum absolute atomic E-state index is 0.278. The third-order valence-corrected chi connectivity index (χ3v) is 2.82. The summed E-state index contributed by atoms with van der Waals surface area (Å²) in [5.74, 6) is -1.30. The van der Waals surface area contributed by atoms with Crippen molar-refractivity contribution in [3.63, 3.8) is 0 Å². The van der Waals surface area contributed by atoms with Crippen molar-refractivity contribution in [3.05, 3.63) is 45.8 Å². The van der Waals surface area contributed by atoms with Crippen LogP contribution in [0.1, 0.15) is 5.82 Å². The average Bonchev–Trinajstić information content (AvgIpc) is 2.30. The van der Waals surface area contributed by atoms with Gasteiger partial charge in [0.05, 0.1) is 4.47 Å². The number of hydrogen-bond acceptors (Lipinski definition) is 3. The lowest BCUT2D eigenvalue weighted by Crippen LogP contribution is -2.11. The Kier molecular flexibility index (Phi) is 3.96. The third kappa shape index (κ3) is 3.57.